The van der Waals surface area contributed by atoms with Gasteiger partial charge in [0, 0.05) is 18.8 Å². The summed E-state index contributed by atoms with van der Waals surface area (Å²) in [6, 6.07) is 13.7. The Labute approximate surface area is 129 Å². The number of methoxy groups -OCH3 is 2. The molecule has 22 heavy (non-hydrogen) atoms. The van der Waals surface area contributed by atoms with Crippen LogP contribution in [-0.2, 0) is 4.74 Å². The first-order valence-electron chi connectivity index (χ1n) is 6.68. The predicted molar refractivity (Wildman–Crippen MR) is 83.5 cm³/mol. The number of carbonyl (C=O) groups is 2. The van der Waals surface area contributed by atoms with Gasteiger partial charge in [-0.2, -0.15) is 0 Å². The zero-order chi connectivity index (χ0) is 16.1. The topological polar surface area (TPSA) is 55.8 Å². The van der Waals surface area contributed by atoms with Crippen molar-refractivity contribution in [1.82, 2.24) is 0 Å². The number of amides is 1. The summed E-state index contributed by atoms with van der Waals surface area (Å²) >= 11 is 0. The quantitative estimate of drug-likeness (QED) is 0.815. The molecule has 1 amide bonds. The Kier molecular flexibility index (Phi) is 4.78. The number of nitrogens with zero attached hydrogens (tertiary/aromatic N) is 1. The van der Waals surface area contributed by atoms with Gasteiger partial charge in [-0.1, -0.05) is 18.2 Å². The second-order valence-electron chi connectivity index (χ2n) is 4.60. The lowest BCUT2D eigenvalue weighted by Crippen LogP contribution is -2.28. The average molecular weight is 299 g/mol. The molecule has 0 heterocycles. The van der Waals surface area contributed by atoms with Crippen LogP contribution in [0.2, 0.25) is 0 Å². The first-order chi connectivity index (χ1) is 10.6. The fourth-order valence-electron chi connectivity index (χ4n) is 2.07. The summed E-state index contributed by atoms with van der Waals surface area (Å²) < 4.78 is 9.88. The molecule has 0 atom stereocenters. The first-order valence-corrected chi connectivity index (χ1v) is 6.68. The van der Waals surface area contributed by atoms with Crippen LogP contribution in [-0.4, -0.2) is 33.1 Å². The third kappa shape index (κ3) is 3.09. The second-order valence-corrected chi connectivity index (χ2v) is 4.60. The third-order valence-electron chi connectivity index (χ3n) is 3.31. The standard InChI is InChI=1S/C17H17NO4/c1-18(12-7-6-8-13(11-12)21-2)16(19)14-9-4-5-10-15(14)17(20)22-3/h4-11H,1-3H3. The molecule has 0 aliphatic heterocycles. The van der Waals surface area contributed by atoms with Crippen LogP contribution >= 0.6 is 0 Å². The molecule has 2 rings (SSSR count). The number of esters is 1. The van der Waals surface area contributed by atoms with Crippen LogP contribution in [0.1, 0.15) is 20.7 Å². The van der Waals surface area contributed by atoms with Crippen LogP contribution < -0.4 is 9.64 Å². The molecular weight excluding hydrogens is 282 g/mol. The van der Waals surface area contributed by atoms with E-state index >= 15 is 0 Å². The van der Waals surface area contributed by atoms with Gasteiger partial charge in [0.15, 0.2) is 0 Å². The van der Waals surface area contributed by atoms with E-state index in [1.807, 2.05) is 0 Å². The molecule has 2 aromatic carbocycles. The van der Waals surface area contributed by atoms with E-state index in [0.717, 1.165) is 0 Å². The lowest BCUT2D eigenvalue weighted by molar-refractivity contribution is 0.0597. The van der Waals surface area contributed by atoms with E-state index in [4.69, 9.17) is 9.47 Å². The molecule has 2 aromatic rings. The molecule has 0 N–H and O–H groups in total. The van der Waals surface area contributed by atoms with Gasteiger partial charge in [-0.15, -0.1) is 0 Å². The van der Waals surface area contributed by atoms with E-state index in [-0.39, 0.29) is 11.5 Å². The van der Waals surface area contributed by atoms with Gasteiger partial charge in [-0.3, -0.25) is 4.79 Å². The molecule has 0 aliphatic carbocycles. The molecule has 0 saturated carbocycles. The summed E-state index contributed by atoms with van der Waals surface area (Å²) in [5.41, 5.74) is 1.20. The smallest absolute Gasteiger partial charge is 0.338 e. The molecule has 5 nitrogen and oxygen atoms in total. The number of benzene rings is 2. The molecule has 0 saturated heterocycles. The van der Waals surface area contributed by atoms with Crippen molar-refractivity contribution in [3.8, 4) is 5.75 Å². The number of hydrogen-bond acceptors (Lipinski definition) is 4. The number of ether oxygens (including phenoxy) is 2. The maximum absolute atomic E-state index is 12.7. The monoisotopic (exact) mass is 299 g/mol. The lowest BCUT2D eigenvalue weighted by atomic mass is 10.1. The van der Waals surface area contributed by atoms with E-state index in [1.165, 1.54) is 12.0 Å². The Morgan fingerprint density at radius 1 is 0.955 bits per heavy atom. The second kappa shape index (κ2) is 6.76. The Balaban J connectivity index is 2.37. The van der Waals surface area contributed by atoms with Crippen LogP contribution in [0.15, 0.2) is 48.5 Å². The fourth-order valence-corrected chi connectivity index (χ4v) is 2.07. The molecule has 0 radical (unpaired) electrons. The van der Waals surface area contributed by atoms with Gasteiger partial charge in [0.25, 0.3) is 5.91 Å². The molecule has 5 heteroatoms. The molecule has 0 spiro atoms. The van der Waals surface area contributed by atoms with Crippen LogP contribution in [0.5, 0.6) is 5.75 Å². The minimum Gasteiger partial charge on any atom is -0.497 e. The van der Waals surface area contributed by atoms with Gasteiger partial charge in [-0.05, 0) is 24.3 Å². The Bertz CT molecular complexity index is 697. The molecule has 0 aromatic heterocycles. The third-order valence-corrected chi connectivity index (χ3v) is 3.31. The number of carbonyl (C=O) groups excluding carboxylic acids is 2. The Hall–Kier alpha value is -2.82. The van der Waals surface area contributed by atoms with Gasteiger partial charge in [-0.25, -0.2) is 4.79 Å². The molecule has 114 valence electrons. The number of hydrogen-bond donors (Lipinski definition) is 0. The predicted octanol–water partition coefficient (Wildman–Crippen LogP) is 2.76. The molecule has 0 fully saturated rings. The van der Waals surface area contributed by atoms with Crippen molar-refractivity contribution < 1.29 is 19.1 Å². The minimum absolute atomic E-state index is 0.241. The van der Waals surface area contributed by atoms with Crippen molar-refractivity contribution >= 4 is 17.6 Å². The molecule has 0 aliphatic rings. The van der Waals surface area contributed by atoms with Crippen molar-refractivity contribution in [2.75, 3.05) is 26.2 Å². The summed E-state index contributed by atoms with van der Waals surface area (Å²) in [5.74, 6) is -0.185. The van der Waals surface area contributed by atoms with E-state index in [9.17, 15) is 9.59 Å². The molecular formula is C17H17NO4. The zero-order valence-electron chi connectivity index (χ0n) is 12.7. The largest absolute Gasteiger partial charge is 0.497 e. The molecule has 0 unspecified atom stereocenters. The lowest BCUT2D eigenvalue weighted by Gasteiger charge is -2.19. The van der Waals surface area contributed by atoms with Crippen LogP contribution in [0.4, 0.5) is 5.69 Å². The van der Waals surface area contributed by atoms with E-state index in [0.29, 0.717) is 17.0 Å². The normalized spacial score (nSPS) is 9.95. The van der Waals surface area contributed by atoms with Crippen molar-refractivity contribution in [3.63, 3.8) is 0 Å². The summed E-state index contributed by atoms with van der Waals surface area (Å²) in [7, 11) is 4.49. The summed E-state index contributed by atoms with van der Waals surface area (Å²) in [5, 5.41) is 0. The Morgan fingerprint density at radius 2 is 1.64 bits per heavy atom. The number of rotatable bonds is 4. The Morgan fingerprint density at radius 3 is 2.27 bits per heavy atom. The number of anilines is 1. The van der Waals surface area contributed by atoms with Crippen LogP contribution in [0, 0.1) is 0 Å². The van der Waals surface area contributed by atoms with Crippen LogP contribution in [0.3, 0.4) is 0 Å². The average Bonchev–Trinajstić information content (AvgIpc) is 2.59. The first kappa shape index (κ1) is 15.6. The SMILES string of the molecule is COC(=O)c1ccccc1C(=O)N(C)c1cccc(OC)c1. The highest BCUT2D eigenvalue weighted by molar-refractivity contribution is 6.12. The molecule has 0 bridgehead atoms. The maximum Gasteiger partial charge on any atom is 0.338 e. The van der Waals surface area contributed by atoms with E-state index in [1.54, 1.807) is 62.7 Å². The minimum atomic E-state index is -0.539. The van der Waals surface area contributed by atoms with Crippen molar-refractivity contribution in [2.45, 2.75) is 0 Å². The maximum atomic E-state index is 12.7. The highest BCUT2D eigenvalue weighted by Crippen LogP contribution is 2.22. The van der Waals surface area contributed by atoms with Crippen molar-refractivity contribution in [3.05, 3.63) is 59.7 Å². The van der Waals surface area contributed by atoms with Crippen molar-refractivity contribution in [2.24, 2.45) is 0 Å². The van der Waals surface area contributed by atoms with Crippen LogP contribution in [0.25, 0.3) is 0 Å². The zero-order valence-corrected chi connectivity index (χ0v) is 12.7. The van der Waals surface area contributed by atoms with Gasteiger partial charge >= 0.3 is 5.97 Å². The highest BCUT2D eigenvalue weighted by Gasteiger charge is 2.21. The fraction of sp³-hybridized carbons (Fsp3) is 0.176. The summed E-state index contributed by atoms with van der Waals surface area (Å²) in [4.78, 5) is 25.9. The van der Waals surface area contributed by atoms with Gasteiger partial charge in [0.05, 0.1) is 25.3 Å². The van der Waals surface area contributed by atoms with Gasteiger partial charge < -0.3 is 14.4 Å². The van der Waals surface area contributed by atoms with E-state index < -0.39 is 5.97 Å². The summed E-state index contributed by atoms with van der Waals surface area (Å²) in [6.07, 6.45) is 0. The summed E-state index contributed by atoms with van der Waals surface area (Å²) in [6.45, 7) is 0. The van der Waals surface area contributed by atoms with Crippen molar-refractivity contribution in [1.29, 1.82) is 0 Å². The van der Waals surface area contributed by atoms with Gasteiger partial charge in [0.2, 0.25) is 0 Å². The van der Waals surface area contributed by atoms with E-state index in [2.05, 4.69) is 0 Å². The van der Waals surface area contributed by atoms with Gasteiger partial charge in [0.1, 0.15) is 5.75 Å². The highest BCUT2D eigenvalue weighted by atomic mass is 16.5.